The number of benzene rings is 4. The lowest BCUT2D eigenvalue weighted by Gasteiger charge is -2.24. The summed E-state index contributed by atoms with van der Waals surface area (Å²) in [6.45, 7) is 3.42. The van der Waals surface area contributed by atoms with Crippen molar-refractivity contribution in [1.29, 1.82) is 0 Å². The molecule has 0 spiro atoms. The molecule has 0 aliphatic carbocycles. The summed E-state index contributed by atoms with van der Waals surface area (Å²) in [6.07, 6.45) is 2.95. The third-order valence-electron chi connectivity index (χ3n) is 6.55. The number of rotatable bonds is 8. The molecule has 0 unspecified atom stereocenters. The molecule has 208 valence electrons. The molecular weight excluding hydrogens is 592 g/mol. The van der Waals surface area contributed by atoms with Gasteiger partial charge in [0.1, 0.15) is 11.5 Å². The van der Waals surface area contributed by atoms with Crippen molar-refractivity contribution in [2.45, 2.75) is 13.8 Å². The molecular formula is C35H27BrN2O4. The number of hydrogen-bond donors (Lipinski definition) is 1. The molecule has 0 saturated carbocycles. The van der Waals surface area contributed by atoms with Gasteiger partial charge in [-0.15, -0.1) is 0 Å². The third kappa shape index (κ3) is 6.65. The van der Waals surface area contributed by atoms with Gasteiger partial charge in [-0.05, 0) is 67.6 Å². The Bertz CT molecular complexity index is 1770. The molecule has 42 heavy (non-hydrogen) atoms. The highest BCUT2D eigenvalue weighted by Crippen LogP contribution is 2.33. The molecule has 0 saturated heterocycles. The summed E-state index contributed by atoms with van der Waals surface area (Å²) in [5.74, 6) is 0.289. The number of amides is 2. The topological polar surface area (TPSA) is 79.6 Å². The Balaban J connectivity index is 1.42. The first-order chi connectivity index (χ1) is 20.3. The average molecular weight is 620 g/mol. The summed E-state index contributed by atoms with van der Waals surface area (Å²) in [7, 11) is 0. The maximum atomic E-state index is 13.7. The van der Waals surface area contributed by atoms with Crippen LogP contribution in [-0.2, 0) is 9.59 Å². The largest absolute Gasteiger partial charge is 0.457 e. The first-order valence-electron chi connectivity index (χ1n) is 13.2. The van der Waals surface area contributed by atoms with Crippen molar-refractivity contribution in [3.63, 3.8) is 0 Å². The Morgan fingerprint density at radius 1 is 0.833 bits per heavy atom. The van der Waals surface area contributed by atoms with Crippen LogP contribution < -0.4 is 10.2 Å². The Kier molecular flexibility index (Phi) is 8.60. The minimum absolute atomic E-state index is 0.248. The molecule has 0 fully saturated rings. The van der Waals surface area contributed by atoms with Crippen LogP contribution in [0.5, 0.6) is 0 Å². The van der Waals surface area contributed by atoms with Gasteiger partial charge < -0.3 is 9.73 Å². The summed E-state index contributed by atoms with van der Waals surface area (Å²) in [5.41, 5.74) is 4.19. The van der Waals surface area contributed by atoms with Crippen LogP contribution >= 0.6 is 15.9 Å². The quantitative estimate of drug-likeness (QED) is 0.139. The smallest absolute Gasteiger partial charge is 0.248 e. The maximum Gasteiger partial charge on any atom is 0.248 e. The lowest BCUT2D eigenvalue weighted by atomic mass is 9.99. The van der Waals surface area contributed by atoms with Gasteiger partial charge in [0.15, 0.2) is 5.78 Å². The van der Waals surface area contributed by atoms with Gasteiger partial charge >= 0.3 is 0 Å². The molecule has 0 bridgehead atoms. The van der Waals surface area contributed by atoms with Crippen molar-refractivity contribution in [2.24, 2.45) is 0 Å². The molecule has 2 amide bonds. The van der Waals surface area contributed by atoms with Crippen LogP contribution in [0, 0.1) is 6.92 Å². The van der Waals surface area contributed by atoms with E-state index in [0.717, 1.165) is 15.6 Å². The van der Waals surface area contributed by atoms with Gasteiger partial charge in [-0.3, -0.25) is 19.3 Å². The van der Waals surface area contributed by atoms with Crippen molar-refractivity contribution in [3.8, 4) is 11.3 Å². The molecule has 7 heteroatoms. The molecule has 1 heterocycles. The van der Waals surface area contributed by atoms with Crippen LogP contribution in [0.2, 0.25) is 0 Å². The molecule has 6 nitrogen and oxygen atoms in total. The van der Waals surface area contributed by atoms with Crippen LogP contribution in [-0.4, -0.2) is 17.6 Å². The van der Waals surface area contributed by atoms with E-state index in [-0.39, 0.29) is 17.3 Å². The third-order valence-corrected chi connectivity index (χ3v) is 7.08. The van der Waals surface area contributed by atoms with E-state index >= 15 is 0 Å². The molecule has 0 atom stereocenters. The van der Waals surface area contributed by atoms with Crippen molar-refractivity contribution in [2.75, 3.05) is 10.2 Å². The van der Waals surface area contributed by atoms with E-state index in [1.807, 2.05) is 67.6 Å². The predicted molar refractivity (Wildman–Crippen MR) is 170 cm³/mol. The maximum absolute atomic E-state index is 13.7. The van der Waals surface area contributed by atoms with E-state index in [9.17, 15) is 14.4 Å². The predicted octanol–water partition coefficient (Wildman–Crippen LogP) is 8.59. The van der Waals surface area contributed by atoms with Gasteiger partial charge in [-0.1, -0.05) is 76.1 Å². The second-order valence-electron chi connectivity index (χ2n) is 9.65. The summed E-state index contributed by atoms with van der Waals surface area (Å²) < 4.78 is 6.83. The molecule has 5 aromatic rings. The Morgan fingerprint density at radius 3 is 2.24 bits per heavy atom. The summed E-state index contributed by atoms with van der Waals surface area (Å²) in [5, 5.41) is 2.82. The number of carbonyl (C=O) groups excluding carboxylic acids is 3. The first kappa shape index (κ1) is 28.5. The van der Waals surface area contributed by atoms with E-state index in [4.69, 9.17) is 4.42 Å². The Morgan fingerprint density at radius 2 is 1.55 bits per heavy atom. The lowest BCUT2D eigenvalue weighted by molar-refractivity contribution is -0.116. The van der Waals surface area contributed by atoms with Gasteiger partial charge in [0.25, 0.3) is 0 Å². The number of anilines is 3. The Hall–Kier alpha value is -5.01. The van der Waals surface area contributed by atoms with E-state index in [1.165, 1.54) is 17.9 Å². The van der Waals surface area contributed by atoms with Gasteiger partial charge in [0.2, 0.25) is 11.8 Å². The SMILES string of the molecule is CC(=O)N(c1ccc(C)cc1)c1ccc(NC(=O)C=Cc2ccc(-c3ccc(Br)cc3)o2)cc1C(=O)c1ccccc1. The van der Waals surface area contributed by atoms with E-state index < -0.39 is 5.91 Å². The molecule has 0 radical (unpaired) electrons. The van der Waals surface area contributed by atoms with Crippen molar-refractivity contribution in [3.05, 3.63) is 142 Å². The zero-order valence-electron chi connectivity index (χ0n) is 23.0. The number of ketones is 1. The number of furan rings is 1. The second-order valence-corrected chi connectivity index (χ2v) is 10.6. The highest BCUT2D eigenvalue weighted by molar-refractivity contribution is 9.10. The fourth-order valence-corrected chi connectivity index (χ4v) is 4.74. The van der Waals surface area contributed by atoms with Crippen LogP contribution in [0.3, 0.4) is 0 Å². The van der Waals surface area contributed by atoms with Crippen molar-refractivity contribution < 1.29 is 18.8 Å². The molecule has 4 aromatic carbocycles. The van der Waals surface area contributed by atoms with E-state index in [0.29, 0.717) is 34.1 Å². The van der Waals surface area contributed by atoms with Crippen LogP contribution in [0.25, 0.3) is 17.4 Å². The number of nitrogens with one attached hydrogen (secondary N) is 1. The van der Waals surface area contributed by atoms with E-state index in [1.54, 1.807) is 54.6 Å². The van der Waals surface area contributed by atoms with Gasteiger partial charge in [0, 0.05) is 45.5 Å². The lowest BCUT2D eigenvalue weighted by Crippen LogP contribution is -2.25. The number of carbonyl (C=O) groups is 3. The average Bonchev–Trinajstić information content (AvgIpc) is 3.47. The summed E-state index contributed by atoms with van der Waals surface area (Å²) in [6, 6.07) is 32.6. The zero-order valence-corrected chi connectivity index (χ0v) is 24.6. The number of nitrogens with zero attached hydrogens (tertiary/aromatic N) is 1. The van der Waals surface area contributed by atoms with Crippen LogP contribution in [0.15, 0.2) is 124 Å². The molecule has 0 aliphatic heterocycles. The van der Waals surface area contributed by atoms with Crippen molar-refractivity contribution >= 4 is 56.7 Å². The minimum Gasteiger partial charge on any atom is -0.457 e. The zero-order chi connectivity index (χ0) is 29.6. The van der Waals surface area contributed by atoms with Gasteiger partial charge in [-0.2, -0.15) is 0 Å². The minimum atomic E-state index is -0.399. The number of aryl methyl sites for hydroxylation is 1. The fraction of sp³-hybridized carbons (Fsp3) is 0.0571. The fourth-order valence-electron chi connectivity index (χ4n) is 4.47. The first-order valence-corrected chi connectivity index (χ1v) is 14.0. The van der Waals surface area contributed by atoms with Crippen LogP contribution in [0.4, 0.5) is 17.1 Å². The van der Waals surface area contributed by atoms with Gasteiger partial charge in [-0.25, -0.2) is 0 Å². The Labute approximate surface area is 252 Å². The highest BCUT2D eigenvalue weighted by atomic mass is 79.9. The number of hydrogen-bond acceptors (Lipinski definition) is 4. The van der Waals surface area contributed by atoms with Crippen LogP contribution in [0.1, 0.15) is 34.2 Å². The normalized spacial score (nSPS) is 10.9. The summed E-state index contributed by atoms with van der Waals surface area (Å²) in [4.78, 5) is 40.9. The standard InChI is InChI=1S/C35H27BrN2O4/c1-23-8-15-29(16-9-23)38(24(2)39)32-19-14-28(22-31(32)35(41)26-6-4-3-5-7-26)37-34(40)21-18-30-17-20-33(42-30)25-10-12-27(36)13-11-25/h3-22H,1-2H3,(H,37,40). The monoisotopic (exact) mass is 618 g/mol. The number of halogens is 1. The summed E-state index contributed by atoms with van der Waals surface area (Å²) >= 11 is 3.42. The molecule has 1 aromatic heterocycles. The molecule has 0 aliphatic rings. The molecule has 1 N–H and O–H groups in total. The van der Waals surface area contributed by atoms with Crippen molar-refractivity contribution in [1.82, 2.24) is 0 Å². The second kappa shape index (κ2) is 12.7. The molecule has 5 rings (SSSR count). The van der Waals surface area contributed by atoms with Gasteiger partial charge in [0.05, 0.1) is 5.69 Å². The highest BCUT2D eigenvalue weighted by Gasteiger charge is 2.23. The van der Waals surface area contributed by atoms with E-state index in [2.05, 4.69) is 21.2 Å².